The highest BCUT2D eigenvalue weighted by Gasteiger charge is 2.40. The number of aliphatic hydroxyl groups excluding tert-OH is 1. The number of likely N-dealkylation sites (tertiary alicyclic amines) is 2. The molecule has 2 aromatic rings. The van der Waals surface area contributed by atoms with E-state index < -0.39 is 6.29 Å². The molecule has 7 nitrogen and oxygen atoms in total. The van der Waals surface area contributed by atoms with Gasteiger partial charge in [-0.15, -0.1) is 0 Å². The minimum Gasteiger partial charge on any atom is -0.464 e. The lowest BCUT2D eigenvalue weighted by Gasteiger charge is -2.41. The molecule has 1 aromatic heterocycles. The quantitative estimate of drug-likeness (QED) is 0.573. The number of amides is 1. The largest absolute Gasteiger partial charge is 0.464 e. The summed E-state index contributed by atoms with van der Waals surface area (Å²) in [5.74, 6) is 0.199. The number of para-hydroxylation sites is 1. The van der Waals surface area contributed by atoms with Crippen LogP contribution in [0.25, 0.3) is 11.0 Å². The van der Waals surface area contributed by atoms with E-state index in [0.717, 1.165) is 48.9 Å². The van der Waals surface area contributed by atoms with Gasteiger partial charge in [0, 0.05) is 55.1 Å². The van der Waals surface area contributed by atoms with Crippen molar-refractivity contribution in [3.63, 3.8) is 0 Å². The molecule has 4 heterocycles. The van der Waals surface area contributed by atoms with Gasteiger partial charge in [-0.05, 0) is 70.7 Å². The Hall–Kier alpha value is -2.35. The van der Waals surface area contributed by atoms with Crippen molar-refractivity contribution < 1.29 is 23.8 Å². The summed E-state index contributed by atoms with van der Waals surface area (Å²) in [6.45, 7) is 6.44. The van der Waals surface area contributed by atoms with E-state index in [1.165, 1.54) is 32.4 Å². The van der Waals surface area contributed by atoms with Gasteiger partial charge < -0.3 is 28.8 Å². The highest BCUT2D eigenvalue weighted by atomic mass is 16.7. The Morgan fingerprint density at radius 3 is 2.64 bits per heavy atom. The van der Waals surface area contributed by atoms with Gasteiger partial charge in [-0.3, -0.25) is 4.79 Å². The Balaban J connectivity index is 1.38. The molecule has 0 bridgehead atoms. The average Bonchev–Trinajstić information content (AvgIpc) is 3.36. The molecule has 0 saturated carbocycles. The zero-order valence-electron chi connectivity index (χ0n) is 21.4. The molecule has 1 N–H and O–H groups in total. The Morgan fingerprint density at radius 1 is 1.11 bits per heavy atom. The van der Waals surface area contributed by atoms with Crippen molar-refractivity contribution >= 4 is 16.9 Å². The van der Waals surface area contributed by atoms with Crippen LogP contribution < -0.4 is 0 Å². The number of ether oxygens (including phenoxy) is 2. The number of hydrogen-bond donors (Lipinski definition) is 1. The molecule has 196 valence electrons. The maximum absolute atomic E-state index is 13.7. The summed E-state index contributed by atoms with van der Waals surface area (Å²) >= 11 is 0. The van der Waals surface area contributed by atoms with Crippen molar-refractivity contribution in [2.45, 2.75) is 70.1 Å². The van der Waals surface area contributed by atoms with Gasteiger partial charge in [0.05, 0.1) is 6.26 Å². The Bertz CT molecular complexity index is 1040. The number of piperidine rings is 2. The smallest absolute Gasteiger partial charge is 0.288 e. The molecule has 0 radical (unpaired) electrons. The normalized spacial score (nSPS) is 26.1. The van der Waals surface area contributed by atoms with E-state index in [1.54, 1.807) is 6.26 Å². The van der Waals surface area contributed by atoms with Gasteiger partial charge in [-0.25, -0.2) is 0 Å². The SMILES string of the molecule is CCO[C@H]1OC(C(=O)N2CCC(N3CCCCC3)CC2)=C[C@@H](c2coc3ccccc23)[C@H]1CCCO. The Labute approximate surface area is 214 Å². The fourth-order valence-electron chi connectivity index (χ4n) is 6.24. The van der Waals surface area contributed by atoms with E-state index in [1.807, 2.05) is 36.1 Å². The number of carbonyl (C=O) groups is 1. The van der Waals surface area contributed by atoms with E-state index in [2.05, 4.69) is 11.0 Å². The minimum atomic E-state index is -0.546. The molecule has 5 rings (SSSR count). The van der Waals surface area contributed by atoms with Crippen molar-refractivity contribution in [1.29, 1.82) is 0 Å². The molecular formula is C29H40N2O5. The maximum atomic E-state index is 13.7. The second-order valence-electron chi connectivity index (χ2n) is 10.3. The molecule has 0 spiro atoms. The van der Waals surface area contributed by atoms with Crippen LogP contribution in [-0.4, -0.2) is 72.5 Å². The van der Waals surface area contributed by atoms with Crippen molar-refractivity contribution in [3.05, 3.63) is 47.9 Å². The second kappa shape index (κ2) is 11.8. The van der Waals surface area contributed by atoms with Crippen LogP contribution in [0.5, 0.6) is 0 Å². The van der Waals surface area contributed by atoms with Crippen LogP contribution >= 0.6 is 0 Å². The monoisotopic (exact) mass is 496 g/mol. The number of rotatable bonds is 8. The third-order valence-electron chi connectivity index (χ3n) is 8.15. The molecule has 3 aliphatic rings. The van der Waals surface area contributed by atoms with E-state index in [9.17, 15) is 9.90 Å². The van der Waals surface area contributed by atoms with Gasteiger partial charge in [0.2, 0.25) is 6.29 Å². The molecule has 2 saturated heterocycles. The molecular weight excluding hydrogens is 456 g/mol. The van der Waals surface area contributed by atoms with Gasteiger partial charge in [0.15, 0.2) is 5.76 Å². The summed E-state index contributed by atoms with van der Waals surface area (Å²) in [5, 5.41) is 10.6. The zero-order chi connectivity index (χ0) is 24.9. The van der Waals surface area contributed by atoms with Crippen molar-refractivity contribution in [2.24, 2.45) is 5.92 Å². The van der Waals surface area contributed by atoms with Crippen LogP contribution in [0.1, 0.15) is 63.4 Å². The van der Waals surface area contributed by atoms with Gasteiger partial charge in [-0.2, -0.15) is 0 Å². The highest BCUT2D eigenvalue weighted by Crippen LogP contribution is 2.42. The van der Waals surface area contributed by atoms with Crippen LogP contribution in [0.3, 0.4) is 0 Å². The lowest BCUT2D eigenvalue weighted by atomic mass is 9.80. The van der Waals surface area contributed by atoms with E-state index in [4.69, 9.17) is 13.9 Å². The predicted molar refractivity (Wildman–Crippen MR) is 138 cm³/mol. The molecule has 0 aliphatic carbocycles. The zero-order valence-corrected chi connectivity index (χ0v) is 21.4. The third kappa shape index (κ3) is 5.34. The Morgan fingerprint density at radius 2 is 1.89 bits per heavy atom. The van der Waals surface area contributed by atoms with Gasteiger partial charge >= 0.3 is 0 Å². The van der Waals surface area contributed by atoms with Gasteiger partial charge in [0.25, 0.3) is 5.91 Å². The molecule has 2 fully saturated rings. The first-order valence-corrected chi connectivity index (χ1v) is 13.8. The van der Waals surface area contributed by atoms with Crippen LogP contribution in [0.2, 0.25) is 0 Å². The molecule has 36 heavy (non-hydrogen) atoms. The number of allylic oxidation sites excluding steroid dienone is 1. The average molecular weight is 497 g/mol. The summed E-state index contributed by atoms with van der Waals surface area (Å²) in [6, 6.07) is 8.57. The molecule has 3 atom stereocenters. The highest BCUT2D eigenvalue weighted by molar-refractivity contribution is 5.92. The fourth-order valence-corrected chi connectivity index (χ4v) is 6.24. The van der Waals surface area contributed by atoms with Gasteiger partial charge in [-0.1, -0.05) is 24.6 Å². The Kier molecular flexibility index (Phi) is 8.29. The summed E-state index contributed by atoms with van der Waals surface area (Å²) in [4.78, 5) is 18.3. The summed E-state index contributed by atoms with van der Waals surface area (Å²) in [7, 11) is 0. The van der Waals surface area contributed by atoms with Crippen molar-refractivity contribution in [2.75, 3.05) is 39.4 Å². The van der Waals surface area contributed by atoms with Crippen molar-refractivity contribution in [1.82, 2.24) is 9.80 Å². The number of benzene rings is 1. The standard InChI is InChI=1S/C29H40N2O5/c1-2-34-29-23(10-8-18-32)24(25-20-35-26-11-5-4-9-22(25)26)19-27(36-29)28(33)31-16-12-21(13-17-31)30-14-6-3-7-15-30/h4-5,9,11,19-21,23-24,29,32H,2-3,6-8,10,12-18H2,1H3/t23-,24-,29+/m1/s1. The minimum absolute atomic E-state index is 0.0282. The topological polar surface area (TPSA) is 75.4 Å². The van der Waals surface area contributed by atoms with E-state index in [0.29, 0.717) is 24.8 Å². The van der Waals surface area contributed by atoms with Crippen LogP contribution in [0.15, 0.2) is 46.8 Å². The molecule has 3 aliphatic heterocycles. The van der Waals surface area contributed by atoms with E-state index >= 15 is 0 Å². The summed E-state index contributed by atoms with van der Waals surface area (Å²) < 4.78 is 18.2. The number of aliphatic hydroxyl groups is 1. The number of carbonyl (C=O) groups excluding carboxylic acids is 1. The summed E-state index contributed by atoms with van der Waals surface area (Å²) in [6.07, 6.45) is 10.6. The predicted octanol–water partition coefficient (Wildman–Crippen LogP) is 4.66. The summed E-state index contributed by atoms with van der Waals surface area (Å²) in [5.41, 5.74) is 1.87. The van der Waals surface area contributed by atoms with E-state index in [-0.39, 0.29) is 24.3 Å². The maximum Gasteiger partial charge on any atom is 0.288 e. The first-order chi connectivity index (χ1) is 17.7. The number of fused-ring (bicyclic) bond motifs is 1. The van der Waals surface area contributed by atoms with Crippen LogP contribution in [-0.2, 0) is 14.3 Å². The second-order valence-corrected chi connectivity index (χ2v) is 10.3. The number of hydrogen-bond acceptors (Lipinski definition) is 6. The van der Waals surface area contributed by atoms with Crippen LogP contribution in [0, 0.1) is 5.92 Å². The molecule has 1 amide bonds. The molecule has 7 heteroatoms. The third-order valence-corrected chi connectivity index (χ3v) is 8.15. The van der Waals surface area contributed by atoms with Crippen molar-refractivity contribution in [3.8, 4) is 0 Å². The fraction of sp³-hybridized carbons (Fsp3) is 0.621. The lowest BCUT2D eigenvalue weighted by molar-refractivity contribution is -0.170. The first kappa shape index (κ1) is 25.3. The number of nitrogens with zero attached hydrogens (tertiary/aromatic N) is 2. The first-order valence-electron chi connectivity index (χ1n) is 13.8. The lowest BCUT2D eigenvalue weighted by Crippen LogP contribution is -2.49. The number of furan rings is 1. The van der Waals surface area contributed by atoms with Crippen LogP contribution in [0.4, 0.5) is 0 Å². The van der Waals surface area contributed by atoms with Gasteiger partial charge in [0.1, 0.15) is 5.58 Å². The molecule has 0 unspecified atom stereocenters. The molecule has 1 aromatic carbocycles.